The van der Waals surface area contributed by atoms with E-state index >= 15 is 0 Å². The average molecular weight is 271 g/mol. The molecule has 2 heterocycles. The van der Waals surface area contributed by atoms with E-state index in [9.17, 15) is 0 Å². The van der Waals surface area contributed by atoms with E-state index in [1.807, 2.05) is 0 Å². The van der Waals surface area contributed by atoms with Crippen molar-refractivity contribution in [2.75, 3.05) is 53.0 Å². The van der Waals surface area contributed by atoms with Crippen LogP contribution >= 0.6 is 0 Å². The third kappa shape index (κ3) is 4.13. The van der Waals surface area contributed by atoms with E-state index in [2.05, 4.69) is 16.7 Å². The van der Waals surface area contributed by atoms with Crippen molar-refractivity contribution in [3.8, 4) is 0 Å². The number of nitrogens with zero attached hydrogens (tertiary/aromatic N) is 2. The van der Waals surface area contributed by atoms with Gasteiger partial charge in [-0.1, -0.05) is 6.92 Å². The molecule has 2 aliphatic heterocycles. The highest BCUT2D eigenvalue weighted by Crippen LogP contribution is 2.20. The van der Waals surface area contributed by atoms with Crippen LogP contribution in [0, 0.1) is 0 Å². The van der Waals surface area contributed by atoms with E-state index in [0.717, 1.165) is 52.2 Å². The first kappa shape index (κ1) is 15.2. The molecule has 0 amide bonds. The first-order valence-corrected chi connectivity index (χ1v) is 7.57. The van der Waals surface area contributed by atoms with Gasteiger partial charge in [-0.05, 0) is 19.4 Å². The summed E-state index contributed by atoms with van der Waals surface area (Å²) in [5.41, 5.74) is 5.92. The Hall–Kier alpha value is -0.200. The second-order valence-corrected chi connectivity index (χ2v) is 5.65. The van der Waals surface area contributed by atoms with Gasteiger partial charge in [0, 0.05) is 45.9 Å². The van der Waals surface area contributed by atoms with E-state index in [1.165, 1.54) is 0 Å². The summed E-state index contributed by atoms with van der Waals surface area (Å²) in [7, 11) is 1.80. The van der Waals surface area contributed by atoms with Crippen LogP contribution in [0.15, 0.2) is 0 Å². The lowest BCUT2D eigenvalue weighted by Gasteiger charge is -2.42. The molecular formula is C14H29N3O2. The summed E-state index contributed by atoms with van der Waals surface area (Å²) in [6.07, 6.45) is 2.88. The van der Waals surface area contributed by atoms with Crippen LogP contribution in [0.25, 0.3) is 0 Å². The maximum Gasteiger partial charge on any atom is 0.0829 e. The van der Waals surface area contributed by atoms with Gasteiger partial charge in [0.15, 0.2) is 0 Å². The second-order valence-electron chi connectivity index (χ2n) is 5.65. The lowest BCUT2D eigenvalue weighted by Crippen LogP contribution is -2.54. The van der Waals surface area contributed by atoms with Crippen LogP contribution in [0.5, 0.6) is 0 Å². The smallest absolute Gasteiger partial charge is 0.0829 e. The van der Waals surface area contributed by atoms with Crippen molar-refractivity contribution >= 4 is 0 Å². The molecule has 2 N–H and O–H groups in total. The predicted molar refractivity (Wildman–Crippen MR) is 76.3 cm³/mol. The maximum atomic E-state index is 5.92. The highest BCUT2D eigenvalue weighted by molar-refractivity contribution is 4.85. The van der Waals surface area contributed by atoms with Gasteiger partial charge in [0.2, 0.25) is 0 Å². The maximum absolute atomic E-state index is 5.92. The quantitative estimate of drug-likeness (QED) is 0.771. The van der Waals surface area contributed by atoms with Crippen LogP contribution in [0.1, 0.15) is 19.8 Å². The van der Waals surface area contributed by atoms with Crippen LogP contribution in [0.4, 0.5) is 0 Å². The molecule has 0 bridgehead atoms. The van der Waals surface area contributed by atoms with Gasteiger partial charge in [-0.25, -0.2) is 0 Å². The summed E-state index contributed by atoms with van der Waals surface area (Å²) in [5.74, 6) is 0. The summed E-state index contributed by atoms with van der Waals surface area (Å²) in [6.45, 7) is 9.11. The Labute approximate surface area is 117 Å². The molecule has 0 saturated carbocycles. The normalized spacial score (nSPS) is 34.6. The van der Waals surface area contributed by atoms with E-state index in [4.69, 9.17) is 15.2 Å². The van der Waals surface area contributed by atoms with Gasteiger partial charge in [-0.2, -0.15) is 0 Å². The zero-order valence-corrected chi connectivity index (χ0v) is 12.4. The highest BCUT2D eigenvalue weighted by Gasteiger charge is 2.30. The average Bonchev–Trinajstić information content (AvgIpc) is 2.48. The fourth-order valence-corrected chi connectivity index (χ4v) is 3.20. The monoisotopic (exact) mass is 271 g/mol. The zero-order chi connectivity index (χ0) is 13.7. The number of piperidine rings is 1. The van der Waals surface area contributed by atoms with Crippen LogP contribution in [0.3, 0.4) is 0 Å². The van der Waals surface area contributed by atoms with E-state index in [1.54, 1.807) is 7.11 Å². The lowest BCUT2D eigenvalue weighted by atomic mass is 9.98. The molecule has 19 heavy (non-hydrogen) atoms. The Morgan fingerprint density at radius 2 is 2.21 bits per heavy atom. The zero-order valence-electron chi connectivity index (χ0n) is 12.4. The number of hydrogen-bond acceptors (Lipinski definition) is 5. The number of likely N-dealkylation sites (N-methyl/N-ethyl adjacent to an activating group) is 1. The predicted octanol–water partition coefficient (Wildman–Crippen LogP) is 0.145. The number of likely N-dealkylation sites (tertiary alicyclic amines) is 1. The first-order valence-electron chi connectivity index (χ1n) is 7.57. The molecule has 0 aromatic heterocycles. The number of nitrogens with two attached hydrogens (primary N) is 1. The minimum atomic E-state index is 0.335. The molecule has 0 aromatic rings. The van der Waals surface area contributed by atoms with Gasteiger partial charge in [-0.15, -0.1) is 0 Å². The number of ether oxygens (including phenoxy) is 2. The fraction of sp³-hybridized carbons (Fsp3) is 1.00. The molecule has 0 aromatic carbocycles. The summed E-state index contributed by atoms with van der Waals surface area (Å²) in [4.78, 5) is 4.97. The standard InChI is InChI=1S/C14H29N3O2/c1-3-16-6-7-19-14(10-16)11-17-5-4-13(18-2)8-12(17)9-15/h12-14H,3-11,15H2,1-2H3. The minimum absolute atomic E-state index is 0.335. The third-order valence-electron chi connectivity index (χ3n) is 4.50. The molecular weight excluding hydrogens is 242 g/mol. The van der Waals surface area contributed by atoms with Crippen LogP contribution in [-0.4, -0.2) is 81.0 Å². The van der Waals surface area contributed by atoms with Gasteiger partial charge in [0.05, 0.1) is 18.8 Å². The van der Waals surface area contributed by atoms with Crippen molar-refractivity contribution in [3.63, 3.8) is 0 Å². The SMILES string of the molecule is CCN1CCOC(CN2CCC(OC)CC2CN)C1. The molecule has 2 fully saturated rings. The van der Waals surface area contributed by atoms with Crippen LogP contribution in [-0.2, 0) is 9.47 Å². The molecule has 2 saturated heterocycles. The van der Waals surface area contributed by atoms with Gasteiger partial charge in [0.25, 0.3) is 0 Å². The first-order chi connectivity index (χ1) is 9.26. The van der Waals surface area contributed by atoms with Crippen molar-refractivity contribution in [1.82, 2.24) is 9.80 Å². The Morgan fingerprint density at radius 1 is 1.37 bits per heavy atom. The fourth-order valence-electron chi connectivity index (χ4n) is 3.20. The Balaban J connectivity index is 1.83. The molecule has 112 valence electrons. The van der Waals surface area contributed by atoms with Crippen molar-refractivity contribution in [2.24, 2.45) is 5.73 Å². The number of morpholine rings is 1. The number of rotatable bonds is 5. The van der Waals surface area contributed by atoms with Crippen molar-refractivity contribution in [2.45, 2.75) is 38.0 Å². The Kier molecular flexibility index (Phi) is 6.04. The van der Waals surface area contributed by atoms with Crippen molar-refractivity contribution in [1.29, 1.82) is 0 Å². The molecule has 3 atom stereocenters. The molecule has 0 spiro atoms. The topological polar surface area (TPSA) is 51.0 Å². The molecule has 5 nitrogen and oxygen atoms in total. The molecule has 5 heteroatoms. The van der Waals surface area contributed by atoms with E-state index in [0.29, 0.717) is 24.8 Å². The molecule has 2 aliphatic rings. The highest BCUT2D eigenvalue weighted by atomic mass is 16.5. The summed E-state index contributed by atoms with van der Waals surface area (Å²) < 4.78 is 11.4. The minimum Gasteiger partial charge on any atom is -0.381 e. The Morgan fingerprint density at radius 3 is 2.89 bits per heavy atom. The van der Waals surface area contributed by atoms with Crippen molar-refractivity contribution in [3.05, 3.63) is 0 Å². The van der Waals surface area contributed by atoms with Gasteiger partial charge in [-0.3, -0.25) is 9.80 Å². The number of methoxy groups -OCH3 is 1. The molecule has 0 radical (unpaired) electrons. The summed E-state index contributed by atoms with van der Waals surface area (Å²) in [6, 6.07) is 0.444. The van der Waals surface area contributed by atoms with Crippen molar-refractivity contribution < 1.29 is 9.47 Å². The van der Waals surface area contributed by atoms with Gasteiger partial charge >= 0.3 is 0 Å². The van der Waals surface area contributed by atoms with Gasteiger partial charge < -0.3 is 15.2 Å². The lowest BCUT2D eigenvalue weighted by molar-refractivity contribution is -0.0611. The molecule has 3 unspecified atom stereocenters. The van der Waals surface area contributed by atoms with E-state index < -0.39 is 0 Å². The Bertz CT molecular complexity index is 265. The number of hydrogen-bond donors (Lipinski definition) is 1. The van der Waals surface area contributed by atoms with Gasteiger partial charge in [0.1, 0.15) is 0 Å². The summed E-state index contributed by atoms with van der Waals surface area (Å²) >= 11 is 0. The largest absolute Gasteiger partial charge is 0.381 e. The van der Waals surface area contributed by atoms with Crippen LogP contribution in [0.2, 0.25) is 0 Å². The molecule has 2 rings (SSSR count). The van der Waals surface area contributed by atoms with Crippen LogP contribution < -0.4 is 5.73 Å². The second kappa shape index (κ2) is 7.55. The van der Waals surface area contributed by atoms with E-state index in [-0.39, 0.29) is 0 Å². The third-order valence-corrected chi connectivity index (χ3v) is 4.50. The molecule has 0 aliphatic carbocycles. The summed E-state index contributed by atoms with van der Waals surface area (Å²) in [5, 5.41) is 0.